The number of phenols is 4. The molecule has 4 heterocycles. The van der Waals surface area contributed by atoms with Gasteiger partial charge in [-0.3, -0.25) is 0 Å². The summed E-state index contributed by atoms with van der Waals surface area (Å²) >= 11 is 9.34. The zero-order valence-corrected chi connectivity index (χ0v) is 30.0. The first-order valence-corrected chi connectivity index (χ1v) is 17.5. The molecule has 4 aliphatic heterocycles. The van der Waals surface area contributed by atoms with Gasteiger partial charge >= 0.3 is 11.9 Å². The zero-order valence-electron chi connectivity index (χ0n) is 28.3. The lowest BCUT2D eigenvalue weighted by molar-refractivity contribution is 0.0214. The molecule has 4 aliphatic rings. The lowest BCUT2D eigenvalue weighted by Gasteiger charge is -2.36. The van der Waals surface area contributed by atoms with E-state index in [4.69, 9.17) is 31.2 Å². The maximum atomic E-state index is 12.8. The Kier molecular flexibility index (Phi) is 7.76. The number of phenolic OH excluding ortho intramolecular Hbond substituents is 4. The number of rotatable bonds is 2. The minimum absolute atomic E-state index is 0.00103. The summed E-state index contributed by atoms with van der Waals surface area (Å²) in [6.07, 6.45) is 0. The molecule has 0 fully saturated rings. The Labute approximate surface area is 326 Å². The first kappa shape index (κ1) is 34.4. The first-order valence-electron chi connectivity index (χ1n) is 16.7. The highest BCUT2D eigenvalue weighted by atomic mass is 32.1. The molecule has 0 radical (unpaired) electrons. The van der Waals surface area contributed by atoms with Gasteiger partial charge in [0.15, 0.2) is 11.2 Å². The number of benzene rings is 6. The summed E-state index contributed by atoms with van der Waals surface area (Å²) in [5, 5.41) is 44.2. The molecule has 6 aromatic carbocycles. The highest BCUT2D eigenvalue weighted by Gasteiger charge is 2.55. The van der Waals surface area contributed by atoms with E-state index in [2.05, 4.69) is 32.5 Å². The first-order chi connectivity index (χ1) is 27.0. The average Bonchev–Trinajstić information content (AvgIpc) is 3.62. The number of ether oxygens (including phenoxy) is 4. The molecule has 0 saturated heterocycles. The van der Waals surface area contributed by atoms with Crippen LogP contribution in [0.5, 0.6) is 46.0 Å². The van der Waals surface area contributed by atoms with E-state index in [1.54, 1.807) is 60.7 Å². The molecule has 0 bridgehead atoms. The van der Waals surface area contributed by atoms with Gasteiger partial charge < -0.3 is 39.4 Å². The molecule has 0 unspecified atom stereocenters. The van der Waals surface area contributed by atoms with E-state index in [1.165, 1.54) is 48.5 Å². The number of isothiocyanates is 2. The van der Waals surface area contributed by atoms with E-state index in [0.717, 1.165) is 0 Å². The van der Waals surface area contributed by atoms with Crippen LogP contribution in [0.15, 0.2) is 119 Å². The third-order valence-corrected chi connectivity index (χ3v) is 10.0. The molecule has 56 heavy (non-hydrogen) atoms. The summed E-state index contributed by atoms with van der Waals surface area (Å²) < 4.78 is 23.7. The Morgan fingerprint density at radius 1 is 0.446 bits per heavy atom. The van der Waals surface area contributed by atoms with Gasteiger partial charge in [0.2, 0.25) is 0 Å². The van der Waals surface area contributed by atoms with Gasteiger partial charge in [-0.1, -0.05) is 6.07 Å². The summed E-state index contributed by atoms with van der Waals surface area (Å²) in [7, 11) is 0. The second-order valence-corrected chi connectivity index (χ2v) is 13.3. The number of nitrogens with zero attached hydrogens (tertiary/aromatic N) is 2. The van der Waals surface area contributed by atoms with Gasteiger partial charge in [0, 0.05) is 57.6 Å². The van der Waals surface area contributed by atoms with Crippen molar-refractivity contribution in [3.05, 3.63) is 154 Å². The maximum absolute atomic E-state index is 12.8. The molecule has 6 aromatic rings. The number of thiocarbonyl (C=S) groups is 2. The van der Waals surface area contributed by atoms with Gasteiger partial charge in [-0.25, -0.2) is 9.59 Å². The minimum Gasteiger partial charge on any atom is -0.508 e. The normalized spacial score (nSPS) is 14.9. The van der Waals surface area contributed by atoms with Gasteiger partial charge in [-0.2, -0.15) is 9.98 Å². The van der Waals surface area contributed by atoms with Crippen LogP contribution in [0, 0.1) is 0 Å². The molecule has 10 rings (SSSR count). The second-order valence-electron chi connectivity index (χ2n) is 12.9. The number of carbonyl (C=O) groups excluding carboxylic acids is 2. The number of aromatic hydroxyl groups is 4. The molecule has 4 N–H and O–H groups in total. The molecule has 0 amide bonds. The van der Waals surface area contributed by atoms with E-state index in [0.29, 0.717) is 78.9 Å². The van der Waals surface area contributed by atoms with Gasteiger partial charge in [0.1, 0.15) is 46.0 Å². The van der Waals surface area contributed by atoms with Crippen molar-refractivity contribution in [2.45, 2.75) is 11.2 Å². The minimum atomic E-state index is -1.30. The maximum Gasteiger partial charge on any atom is 0.340 e. The van der Waals surface area contributed by atoms with Gasteiger partial charge in [0.25, 0.3) is 0 Å². The zero-order chi connectivity index (χ0) is 38.9. The average molecular weight is 779 g/mol. The van der Waals surface area contributed by atoms with Gasteiger partial charge in [-0.05, 0) is 103 Å². The third kappa shape index (κ3) is 5.06. The lowest BCUT2D eigenvalue weighted by Crippen LogP contribution is -2.32. The number of fused-ring (bicyclic) bond motifs is 12. The van der Waals surface area contributed by atoms with Crippen molar-refractivity contribution in [2.24, 2.45) is 9.98 Å². The third-order valence-electron chi connectivity index (χ3n) is 9.86. The quantitative estimate of drug-likeness (QED) is 0.0748. The number of esters is 2. The summed E-state index contributed by atoms with van der Waals surface area (Å²) in [5.74, 6) is 0.316. The molecule has 0 saturated carbocycles. The van der Waals surface area contributed by atoms with E-state index in [-0.39, 0.29) is 23.0 Å². The molecular formula is C42H22N2O10S2. The standard InChI is InChI=1S/2C21H11NO5S/c23-12-2-5-16-18(8-12)26-19-9-13(24)3-6-17(19)21(16)15-4-1-11(22-10-28)7-14(15)20(25)27-21;23-12-2-5-15-18(8-12)26-19-9-13(24)3-6-16(19)21(15)17-7-11(22-10-28)1-4-14(17)20(25)27-21/h2*1-9,23-24H. The van der Waals surface area contributed by atoms with Gasteiger partial charge in [0.05, 0.1) is 32.8 Å². The van der Waals surface area contributed by atoms with Crippen LogP contribution >= 0.6 is 24.4 Å². The fourth-order valence-electron chi connectivity index (χ4n) is 7.62. The van der Waals surface area contributed by atoms with Crippen molar-refractivity contribution in [3.8, 4) is 46.0 Å². The number of carbonyl (C=O) groups is 2. The Bertz CT molecular complexity index is 2740. The van der Waals surface area contributed by atoms with Crippen molar-refractivity contribution in [1.29, 1.82) is 0 Å². The number of hydrogen-bond donors (Lipinski definition) is 4. The van der Waals surface area contributed by atoms with Crippen LogP contribution in [0.1, 0.15) is 54.1 Å². The summed E-state index contributed by atoms with van der Waals surface area (Å²) in [6.45, 7) is 0. The number of aliphatic imine (C=N–C) groups is 2. The lowest BCUT2D eigenvalue weighted by atomic mass is 9.77. The largest absolute Gasteiger partial charge is 0.508 e. The monoisotopic (exact) mass is 778 g/mol. The Morgan fingerprint density at radius 3 is 1.27 bits per heavy atom. The van der Waals surface area contributed by atoms with E-state index < -0.39 is 23.1 Å². The molecule has 272 valence electrons. The molecule has 0 atom stereocenters. The van der Waals surface area contributed by atoms with Crippen LogP contribution < -0.4 is 9.47 Å². The van der Waals surface area contributed by atoms with Crippen LogP contribution in [0.4, 0.5) is 11.4 Å². The van der Waals surface area contributed by atoms with Crippen molar-refractivity contribution in [2.75, 3.05) is 0 Å². The Hall–Kier alpha value is -7.34. The molecule has 12 nitrogen and oxygen atoms in total. The van der Waals surface area contributed by atoms with Crippen molar-refractivity contribution in [1.82, 2.24) is 0 Å². The topological polar surface area (TPSA) is 177 Å². The predicted molar refractivity (Wildman–Crippen MR) is 205 cm³/mol. The van der Waals surface area contributed by atoms with E-state index in [1.807, 2.05) is 0 Å². The Balaban J connectivity index is 0.000000146. The summed E-state index contributed by atoms with van der Waals surface area (Å²) in [4.78, 5) is 33.5. The summed E-state index contributed by atoms with van der Waals surface area (Å²) in [6, 6.07) is 28.5. The highest BCUT2D eigenvalue weighted by Crippen LogP contribution is 2.59. The van der Waals surface area contributed by atoms with Crippen LogP contribution in [-0.2, 0) is 20.7 Å². The van der Waals surface area contributed by atoms with Crippen molar-refractivity contribution < 1.29 is 49.0 Å². The molecular weight excluding hydrogens is 757 g/mol. The van der Waals surface area contributed by atoms with Crippen LogP contribution in [-0.4, -0.2) is 42.7 Å². The predicted octanol–water partition coefficient (Wildman–Crippen LogP) is 8.80. The SMILES string of the molecule is O=C1OC2(c3ccc(O)cc3Oc3cc(O)ccc32)c2cc(N=C=S)ccc21.O=C1OC2(c3ccc(O)cc3Oc3cc(O)ccc32)c2ccc(N=C=S)cc21. The van der Waals surface area contributed by atoms with Gasteiger partial charge in [-0.15, -0.1) is 0 Å². The van der Waals surface area contributed by atoms with Crippen LogP contribution in [0.3, 0.4) is 0 Å². The van der Waals surface area contributed by atoms with E-state index >= 15 is 0 Å². The van der Waals surface area contributed by atoms with Crippen molar-refractivity contribution >= 4 is 58.1 Å². The Morgan fingerprint density at radius 2 is 0.821 bits per heavy atom. The molecule has 14 heteroatoms. The smallest absolute Gasteiger partial charge is 0.340 e. The van der Waals surface area contributed by atoms with Crippen LogP contribution in [0.2, 0.25) is 0 Å². The fourth-order valence-corrected chi connectivity index (χ4v) is 7.84. The second kappa shape index (κ2) is 12.6. The van der Waals surface area contributed by atoms with Crippen molar-refractivity contribution in [3.63, 3.8) is 0 Å². The van der Waals surface area contributed by atoms with E-state index in [9.17, 15) is 30.0 Å². The molecule has 0 aromatic heterocycles. The fraction of sp³-hybridized carbons (Fsp3) is 0.0476. The molecule has 0 aliphatic carbocycles. The molecule has 2 spiro atoms. The number of hydrogen-bond acceptors (Lipinski definition) is 14. The summed E-state index contributed by atoms with van der Waals surface area (Å²) in [5.41, 5.74) is 2.64. The highest BCUT2D eigenvalue weighted by molar-refractivity contribution is 7.78. The van der Waals surface area contributed by atoms with Crippen LogP contribution in [0.25, 0.3) is 0 Å².